The van der Waals surface area contributed by atoms with Gasteiger partial charge in [-0.25, -0.2) is 4.79 Å². The molecule has 17 amide bonds. The van der Waals surface area contributed by atoms with Crippen LogP contribution in [0.1, 0.15) is 178 Å². The molecule has 0 radical (unpaired) electrons. The summed E-state index contributed by atoms with van der Waals surface area (Å²) in [6.07, 6.45) is 1.28. The van der Waals surface area contributed by atoms with Gasteiger partial charge in [-0.15, -0.1) is 0 Å². The molecule has 48 nitrogen and oxygen atoms in total. The molecule has 3 aliphatic rings. The monoisotopic (exact) mass is 1900 g/mol. The fourth-order valence-corrected chi connectivity index (χ4v) is 15.7. The molecule has 748 valence electrons. The number of hydrogen-bond donors (Lipinski definition) is 25. The summed E-state index contributed by atoms with van der Waals surface area (Å²) < 4.78 is 0. The van der Waals surface area contributed by atoms with Crippen molar-refractivity contribution in [2.24, 2.45) is 45.9 Å². The van der Waals surface area contributed by atoms with Crippen LogP contribution >= 0.6 is 0 Å². The van der Waals surface area contributed by atoms with E-state index in [1.54, 1.807) is 72.0 Å². The predicted octanol–water partition coefficient (Wildman–Crippen LogP) is -7.60. The third kappa shape index (κ3) is 32.8. The first-order chi connectivity index (χ1) is 63.3. The molecule has 0 saturated carbocycles. The van der Waals surface area contributed by atoms with Crippen LogP contribution in [-0.4, -0.2) is 342 Å². The second kappa shape index (κ2) is 54.8. The smallest absolute Gasteiger partial charge is 0.326 e. The molecule has 4 heterocycles. The minimum atomic E-state index is -1.93. The van der Waals surface area contributed by atoms with Gasteiger partial charge in [0, 0.05) is 63.0 Å². The van der Waals surface area contributed by atoms with E-state index in [2.05, 4.69) is 84.4 Å². The van der Waals surface area contributed by atoms with Gasteiger partial charge < -0.3 is 147 Å². The number of nitrogens with zero attached hydrogens (tertiary/aromatic N) is 4. The largest absolute Gasteiger partial charge is 0.481 e. The summed E-state index contributed by atoms with van der Waals surface area (Å²) in [6, 6.07) is -19.0. The molecule has 2 aromatic rings. The van der Waals surface area contributed by atoms with Crippen LogP contribution < -0.4 is 91.6 Å². The Morgan fingerprint density at radius 1 is 0.448 bits per heavy atom. The molecule has 0 spiro atoms. The highest BCUT2D eigenvalue weighted by molar-refractivity contribution is 6.02. The number of aliphatic hydroxyl groups excluding tert-OH is 5. The lowest BCUT2D eigenvalue weighted by Crippen LogP contribution is -2.63. The molecule has 5 rings (SSSR count). The third-order valence-corrected chi connectivity index (χ3v) is 23.8. The zero-order chi connectivity index (χ0) is 100. The number of nitrogens with two attached hydrogens (primary N) is 3. The molecule has 28 N–H and O–H groups in total. The molecule has 134 heavy (non-hydrogen) atoms. The number of carboxylic acid groups (broad SMARTS) is 2. The van der Waals surface area contributed by atoms with Crippen molar-refractivity contribution in [1.82, 2.24) is 94.1 Å². The number of rotatable bonds is 55. The maximum absolute atomic E-state index is 14.8. The van der Waals surface area contributed by atoms with Crippen molar-refractivity contribution in [3.05, 3.63) is 36.0 Å². The topological polar surface area (TPSA) is 750 Å². The summed E-state index contributed by atoms with van der Waals surface area (Å²) >= 11 is 0. The van der Waals surface area contributed by atoms with E-state index in [1.807, 2.05) is 0 Å². The van der Waals surface area contributed by atoms with Crippen molar-refractivity contribution in [2.45, 2.75) is 288 Å². The van der Waals surface area contributed by atoms with E-state index in [-0.39, 0.29) is 96.3 Å². The lowest BCUT2D eigenvalue weighted by atomic mass is 9.94. The molecular weight excluding hydrogens is 1760 g/mol. The highest BCUT2D eigenvalue weighted by Gasteiger charge is 2.47. The van der Waals surface area contributed by atoms with E-state index in [4.69, 9.17) is 17.2 Å². The number of fused-ring (bicyclic) bond motifs is 1. The number of amides is 17. The van der Waals surface area contributed by atoms with E-state index in [0.29, 0.717) is 48.7 Å². The van der Waals surface area contributed by atoms with Gasteiger partial charge in [0.25, 0.3) is 0 Å². The van der Waals surface area contributed by atoms with Crippen molar-refractivity contribution in [2.75, 3.05) is 59.2 Å². The molecule has 0 aliphatic carbocycles. The van der Waals surface area contributed by atoms with Crippen molar-refractivity contribution in [3.8, 4) is 0 Å². The van der Waals surface area contributed by atoms with Crippen molar-refractivity contribution in [1.29, 1.82) is 0 Å². The van der Waals surface area contributed by atoms with Gasteiger partial charge in [-0.1, -0.05) is 86.4 Å². The number of aliphatic imine (C=N–C) groups is 1. The molecule has 0 unspecified atom stereocenters. The number of aromatic nitrogens is 1. The first-order valence-corrected chi connectivity index (χ1v) is 45.3. The summed E-state index contributed by atoms with van der Waals surface area (Å²) in [5, 5.41) is 107. The predicted molar refractivity (Wildman–Crippen MR) is 481 cm³/mol. The van der Waals surface area contributed by atoms with Crippen molar-refractivity contribution < 1.29 is 127 Å². The minimum absolute atomic E-state index is 0.0315. The van der Waals surface area contributed by atoms with Crippen molar-refractivity contribution >= 4 is 129 Å². The van der Waals surface area contributed by atoms with Gasteiger partial charge in [-0.3, -0.25) is 91.3 Å². The normalized spacial score (nSPS) is 18.6. The summed E-state index contributed by atoms with van der Waals surface area (Å²) in [7, 11) is 0. The highest BCUT2D eigenvalue weighted by atomic mass is 16.4. The zero-order valence-electron chi connectivity index (χ0n) is 77.7. The van der Waals surface area contributed by atoms with Crippen LogP contribution in [0.5, 0.6) is 0 Å². The first kappa shape index (κ1) is 112. The number of H-pyrrole nitrogens is 1. The fourth-order valence-electron chi connectivity index (χ4n) is 15.7. The van der Waals surface area contributed by atoms with E-state index in [0.717, 1.165) is 18.7 Å². The number of aliphatic hydroxyl groups is 5. The van der Waals surface area contributed by atoms with E-state index in [9.17, 15) is 127 Å². The second-order valence-corrected chi connectivity index (χ2v) is 34.7. The number of carbonyl (C=O) groups excluding carboxylic acids is 17. The van der Waals surface area contributed by atoms with Gasteiger partial charge in [-0.05, 0) is 133 Å². The molecule has 48 heteroatoms. The molecule has 3 fully saturated rings. The second-order valence-electron chi connectivity index (χ2n) is 34.7. The van der Waals surface area contributed by atoms with Crippen LogP contribution in [-0.2, 0) is 97.5 Å². The van der Waals surface area contributed by atoms with Crippen LogP contribution in [0.2, 0.25) is 0 Å². The number of nitrogens with one attached hydrogen (secondary N) is 15. The summed E-state index contributed by atoms with van der Waals surface area (Å²) in [5.41, 5.74) is 17.5. The van der Waals surface area contributed by atoms with Gasteiger partial charge in [0.1, 0.15) is 103 Å². The standard InChI is InChI=1S/C86H138N22O26/c1-12-44(7)66(104-80(128)67(45(8)13-2)103-70(118)53(29-30-63(115)116)94-72(120)56(38-109)97-69(117)52(93-48(11)114)25-18-32-90-86(88)89)79(127)100-59(41-112)75(123)105-68(47(10)113)81(129)92-46(9)82(130)106-33-19-26-60(106)77(125)99-58(40-111)74(122)98-57(39-110)73(121)96-55(36-49-37-91-51-23-15-14-22-50(49)51)71(119)101-64(42(3)4)78(126)102-65(43(5)6)84(132)108-35-21-28-62(108)83(131)107-34-20-27-61(107)76(124)95-54(85(133)134)24-16-17-31-87/h14-15,22-23,37,42-47,52-62,64-68,91,109-113H,12-13,16-21,24-36,38-41,87H2,1-11H3,(H,92,129)(H,93,114)(H,94,120)(H,95,124)(H,96,121)(H,97,117)(H,98,122)(H,99,125)(H,100,127)(H,101,119)(H,102,126)(H,103,118)(H,104,128)(H,105,123)(H,115,116)(H,133,134)(H4,88,89,90)/t44-,45-,46-,47+,52-,53-,54-,55-,56-,57-,58-,59-,60-,61-,62-,64-,65-,66-,67-,68-/m0/s1. The summed E-state index contributed by atoms with van der Waals surface area (Å²) in [5.74, 6) is -22.0. The van der Waals surface area contributed by atoms with Gasteiger partial charge in [-0.2, -0.15) is 0 Å². The molecule has 1 aromatic carbocycles. The molecule has 20 atom stereocenters. The van der Waals surface area contributed by atoms with Crippen LogP contribution in [0.15, 0.2) is 35.5 Å². The van der Waals surface area contributed by atoms with E-state index in [1.165, 1.54) is 30.6 Å². The molecular formula is C86H138N22O26. The average Bonchev–Trinajstić information content (AvgIpc) is 1.65. The fraction of sp³-hybridized carbons (Fsp3) is 0.674. The third-order valence-electron chi connectivity index (χ3n) is 23.8. The summed E-state index contributed by atoms with van der Waals surface area (Å²) in [4.78, 5) is 273. The number of hydrogen-bond acceptors (Lipinski definition) is 26. The highest BCUT2D eigenvalue weighted by Crippen LogP contribution is 2.29. The Bertz CT molecular complexity index is 4450. The lowest BCUT2D eigenvalue weighted by molar-refractivity contribution is -0.149. The van der Waals surface area contributed by atoms with E-state index >= 15 is 0 Å². The quantitative estimate of drug-likeness (QED) is 0.0166. The van der Waals surface area contributed by atoms with Crippen LogP contribution in [0.25, 0.3) is 10.9 Å². The summed E-state index contributed by atoms with van der Waals surface area (Å²) in [6.45, 7) is 12.4. The van der Waals surface area contributed by atoms with Crippen LogP contribution in [0, 0.1) is 23.7 Å². The number of guanidine groups is 1. The van der Waals surface area contributed by atoms with Gasteiger partial charge in [0.15, 0.2) is 5.96 Å². The molecule has 0 bridgehead atoms. The maximum atomic E-state index is 14.8. The van der Waals surface area contributed by atoms with Gasteiger partial charge in [0.2, 0.25) is 100 Å². The number of likely N-dealkylation sites (tertiary alicyclic amines) is 3. The molecule has 3 aliphatic heterocycles. The van der Waals surface area contributed by atoms with E-state index < -0.39 is 284 Å². The number of benzene rings is 1. The molecule has 3 saturated heterocycles. The number of carbonyl (C=O) groups is 19. The van der Waals surface area contributed by atoms with Gasteiger partial charge in [0.05, 0.1) is 32.5 Å². The Kier molecular flexibility index (Phi) is 45.9. The van der Waals surface area contributed by atoms with Crippen LogP contribution in [0.3, 0.4) is 0 Å². The number of unbranched alkanes of at least 4 members (excludes halogenated alkanes) is 1. The van der Waals surface area contributed by atoms with Crippen LogP contribution in [0.4, 0.5) is 0 Å². The van der Waals surface area contributed by atoms with Gasteiger partial charge >= 0.3 is 11.9 Å². The average molecular weight is 1900 g/mol. The first-order valence-electron chi connectivity index (χ1n) is 45.3. The molecule has 1 aromatic heterocycles. The Balaban J connectivity index is 1.24. The number of carboxylic acids is 2. The SMILES string of the molecule is CC[C@H](C)[C@H](NC(=O)[C@H](CCC(=O)O)NC(=O)[C@H](CO)NC(=O)[C@H](CCCN=C(N)N)NC(C)=O)C(=O)N[C@H](C(=O)N[C@@H](CO)C(=O)N[C@H](C(=O)N[C@@H](C)C(=O)N1CCC[C@H]1C(=O)N[C@@H](CO)C(=O)N[C@@H](CO)C(=O)N[C@@H](Cc1c[nH]c2ccccc12)C(=O)N[C@H](C(=O)N[C@H](C(=O)N1CCC[C@H]1C(=O)N1CCC[C@H]1C(=O)N[C@@H](CCCCN)C(=O)O)C(C)C)C(C)C)[C@@H](C)O)[C@@H](C)CC. The minimum Gasteiger partial charge on any atom is -0.481 e. The maximum Gasteiger partial charge on any atom is 0.326 e. The number of para-hydroxylation sites is 1. The zero-order valence-corrected chi connectivity index (χ0v) is 77.7. The Labute approximate surface area is 775 Å². The lowest BCUT2D eigenvalue weighted by Gasteiger charge is -2.34. The Hall–Kier alpha value is -12.3. The van der Waals surface area contributed by atoms with Crippen molar-refractivity contribution in [3.63, 3.8) is 0 Å². The number of aromatic amines is 1. The Morgan fingerprint density at radius 3 is 1.36 bits per heavy atom. The Morgan fingerprint density at radius 2 is 0.851 bits per heavy atom. The number of aliphatic carboxylic acids is 2.